The van der Waals surface area contributed by atoms with Crippen molar-refractivity contribution in [3.63, 3.8) is 0 Å². The molecule has 0 aliphatic carbocycles. The van der Waals surface area contributed by atoms with Crippen molar-refractivity contribution < 1.29 is 4.79 Å². The van der Waals surface area contributed by atoms with Crippen LogP contribution in [0.1, 0.15) is 19.4 Å². The van der Waals surface area contributed by atoms with Crippen molar-refractivity contribution in [2.24, 2.45) is 4.99 Å². The molecule has 82 valence electrons. The molecule has 3 heteroatoms. The Kier molecular flexibility index (Phi) is 3.37. The molecule has 0 bridgehead atoms. The Labute approximate surface area is 102 Å². The minimum atomic E-state index is 0.162. The Balaban J connectivity index is 2.35. The number of Topliss-reactive ketones (excluding diaryl/α,β-unsaturated/α-hetero) is 1. The summed E-state index contributed by atoms with van der Waals surface area (Å²) in [6.45, 7) is 3.55. The van der Waals surface area contributed by atoms with Gasteiger partial charge in [0, 0.05) is 0 Å². The van der Waals surface area contributed by atoms with Gasteiger partial charge in [-0.1, -0.05) is 0 Å². The van der Waals surface area contributed by atoms with Crippen LogP contribution in [0.3, 0.4) is 0 Å². The number of benzene rings is 1. The monoisotopic (exact) mass is 279 g/mol. The number of allylic oxidation sites excluding steroid dienone is 2. The van der Waals surface area contributed by atoms with E-state index in [2.05, 4.69) is 17.1 Å². The van der Waals surface area contributed by atoms with Crippen LogP contribution in [0.15, 0.2) is 46.6 Å². The Morgan fingerprint density at radius 1 is 1.31 bits per heavy atom. The van der Waals surface area contributed by atoms with E-state index in [4.69, 9.17) is 0 Å². The summed E-state index contributed by atoms with van der Waals surface area (Å²) in [6, 6.07) is 10.2. The van der Waals surface area contributed by atoms with E-state index >= 15 is 0 Å². The molecule has 0 aromatic heterocycles. The van der Waals surface area contributed by atoms with E-state index in [1.54, 1.807) is 6.92 Å². The third-order valence-corrected chi connectivity index (χ3v) is 4.67. The summed E-state index contributed by atoms with van der Waals surface area (Å²) in [5, 5.41) is 0.877. The molecule has 16 heavy (non-hydrogen) atoms. The van der Waals surface area contributed by atoms with Gasteiger partial charge in [0.25, 0.3) is 0 Å². The van der Waals surface area contributed by atoms with E-state index in [1.165, 1.54) is 5.56 Å². The van der Waals surface area contributed by atoms with E-state index in [0.29, 0.717) is 0 Å². The molecular formula is C13H13NOSe. The van der Waals surface area contributed by atoms with Crippen LogP contribution in [0.2, 0.25) is 5.32 Å². The maximum atomic E-state index is 11.3. The van der Waals surface area contributed by atoms with Gasteiger partial charge in [0.1, 0.15) is 0 Å². The van der Waals surface area contributed by atoms with Crippen molar-refractivity contribution in [2.75, 3.05) is 0 Å². The summed E-state index contributed by atoms with van der Waals surface area (Å²) in [6.07, 6.45) is 0. The molecule has 0 saturated heterocycles. The molecule has 0 atom stereocenters. The molecule has 0 spiro atoms. The van der Waals surface area contributed by atoms with Crippen LogP contribution in [0.5, 0.6) is 0 Å². The molecular weight excluding hydrogens is 265 g/mol. The maximum absolute atomic E-state index is 11.3. The molecule has 1 aromatic carbocycles. The molecule has 1 aliphatic heterocycles. The van der Waals surface area contributed by atoms with E-state index in [0.717, 1.165) is 21.2 Å². The summed E-state index contributed by atoms with van der Waals surface area (Å²) in [5.74, 6) is 0.162. The Morgan fingerprint density at radius 2 is 2.00 bits per heavy atom. The first-order valence-corrected chi connectivity index (χ1v) is 7.23. The zero-order valence-electron chi connectivity index (χ0n) is 9.36. The average Bonchev–Trinajstić information content (AvgIpc) is 2.29. The molecule has 0 saturated carbocycles. The normalized spacial score (nSPS) is 16.0. The summed E-state index contributed by atoms with van der Waals surface area (Å²) in [4.78, 5) is 15.9. The van der Waals surface area contributed by atoms with Gasteiger partial charge in [0.15, 0.2) is 0 Å². The van der Waals surface area contributed by atoms with Gasteiger partial charge in [-0.15, -0.1) is 0 Å². The summed E-state index contributed by atoms with van der Waals surface area (Å²) in [7, 11) is 0. The zero-order chi connectivity index (χ0) is 11.5. The molecule has 0 fully saturated rings. The molecule has 1 heterocycles. The number of ketones is 1. The standard InChI is InChI=1S/C13H13NOSe/c1-9-12(10(2)15)8-16-13(14-9)11-6-4-3-5-7-11/h3-7H,8H2,1-2H3. The number of carbonyl (C=O) groups is 1. The van der Waals surface area contributed by atoms with Gasteiger partial charge in [-0.3, -0.25) is 0 Å². The zero-order valence-corrected chi connectivity index (χ0v) is 11.1. The van der Waals surface area contributed by atoms with Crippen LogP contribution in [0.4, 0.5) is 0 Å². The first-order chi connectivity index (χ1) is 7.68. The fourth-order valence-corrected chi connectivity index (χ4v) is 4.09. The Bertz CT molecular complexity index is 474. The van der Waals surface area contributed by atoms with Crippen LogP contribution in [0, 0.1) is 0 Å². The third-order valence-electron chi connectivity index (χ3n) is 2.50. The molecule has 1 aromatic rings. The van der Waals surface area contributed by atoms with E-state index in [9.17, 15) is 4.79 Å². The molecule has 0 N–H and O–H groups in total. The number of rotatable bonds is 2. The van der Waals surface area contributed by atoms with Crippen LogP contribution in [-0.4, -0.2) is 25.4 Å². The predicted molar refractivity (Wildman–Crippen MR) is 66.9 cm³/mol. The number of hydrogen-bond acceptors (Lipinski definition) is 2. The van der Waals surface area contributed by atoms with Gasteiger partial charge in [0.2, 0.25) is 0 Å². The molecule has 1 aliphatic rings. The van der Waals surface area contributed by atoms with Crippen LogP contribution in [0.25, 0.3) is 0 Å². The summed E-state index contributed by atoms with van der Waals surface area (Å²) in [5.41, 5.74) is 2.98. The quantitative estimate of drug-likeness (QED) is 0.764. The topological polar surface area (TPSA) is 29.4 Å². The van der Waals surface area contributed by atoms with Gasteiger partial charge < -0.3 is 0 Å². The fraction of sp³-hybridized carbons (Fsp3) is 0.231. The van der Waals surface area contributed by atoms with Gasteiger partial charge in [0.05, 0.1) is 0 Å². The molecule has 2 rings (SSSR count). The van der Waals surface area contributed by atoms with Gasteiger partial charge in [-0.25, -0.2) is 0 Å². The van der Waals surface area contributed by atoms with Gasteiger partial charge in [-0.2, -0.15) is 0 Å². The van der Waals surface area contributed by atoms with Crippen molar-refractivity contribution >= 4 is 25.4 Å². The average molecular weight is 278 g/mol. The van der Waals surface area contributed by atoms with Crippen molar-refractivity contribution in [3.8, 4) is 0 Å². The summed E-state index contributed by atoms with van der Waals surface area (Å²) < 4.78 is 1.15. The summed E-state index contributed by atoms with van der Waals surface area (Å²) >= 11 is 0.280. The molecule has 0 radical (unpaired) electrons. The SMILES string of the molecule is CC(=O)C1=C(C)N=C(c2ccccc2)[Se]C1. The van der Waals surface area contributed by atoms with Crippen molar-refractivity contribution in [1.82, 2.24) is 0 Å². The third kappa shape index (κ3) is 2.31. The number of hydrogen-bond donors (Lipinski definition) is 0. The van der Waals surface area contributed by atoms with Crippen LogP contribution >= 0.6 is 0 Å². The van der Waals surface area contributed by atoms with Crippen molar-refractivity contribution in [2.45, 2.75) is 19.2 Å². The number of nitrogens with zero attached hydrogens (tertiary/aromatic N) is 1. The minimum absolute atomic E-state index is 0.162. The first kappa shape index (κ1) is 11.3. The Hall–Kier alpha value is -1.18. The van der Waals surface area contributed by atoms with Crippen LogP contribution < -0.4 is 0 Å². The molecule has 0 amide bonds. The van der Waals surface area contributed by atoms with Gasteiger partial charge in [-0.05, 0) is 0 Å². The number of aliphatic imine (C=N–C) groups is 1. The second kappa shape index (κ2) is 4.77. The van der Waals surface area contributed by atoms with E-state index < -0.39 is 0 Å². The second-order valence-corrected chi connectivity index (χ2v) is 5.71. The predicted octanol–water partition coefficient (Wildman–Crippen LogP) is 2.43. The molecule has 2 nitrogen and oxygen atoms in total. The van der Waals surface area contributed by atoms with E-state index in [1.807, 2.05) is 25.1 Å². The fourth-order valence-electron chi connectivity index (χ4n) is 1.58. The van der Waals surface area contributed by atoms with Crippen LogP contribution in [-0.2, 0) is 4.79 Å². The first-order valence-electron chi connectivity index (χ1n) is 5.16. The number of carbonyl (C=O) groups excluding carboxylic acids is 1. The van der Waals surface area contributed by atoms with Crippen molar-refractivity contribution in [3.05, 3.63) is 47.2 Å². The van der Waals surface area contributed by atoms with E-state index in [-0.39, 0.29) is 20.7 Å². The Morgan fingerprint density at radius 3 is 2.56 bits per heavy atom. The molecule has 0 unspecified atom stereocenters. The van der Waals surface area contributed by atoms with Gasteiger partial charge >= 0.3 is 101 Å². The van der Waals surface area contributed by atoms with Crippen molar-refractivity contribution in [1.29, 1.82) is 0 Å². The second-order valence-electron chi connectivity index (χ2n) is 3.69.